The molecular weight excluding hydrogens is 250 g/mol. The van der Waals surface area contributed by atoms with Crippen LogP contribution in [-0.2, 0) is 13.0 Å². The molecule has 0 radical (unpaired) electrons. The molecule has 0 aliphatic carbocycles. The van der Waals surface area contributed by atoms with Crippen LogP contribution in [0, 0.1) is 0 Å². The van der Waals surface area contributed by atoms with Gasteiger partial charge in [0.15, 0.2) is 0 Å². The topological polar surface area (TPSA) is 42.4 Å². The van der Waals surface area contributed by atoms with Crippen molar-refractivity contribution in [2.24, 2.45) is 0 Å². The van der Waals surface area contributed by atoms with E-state index in [9.17, 15) is 5.11 Å². The molecule has 18 heavy (non-hydrogen) atoms. The molecule has 0 bridgehead atoms. The maximum absolute atomic E-state index is 9.21. The molecule has 0 aliphatic heterocycles. The molecule has 1 aromatic carbocycles. The largest absolute Gasteiger partial charge is 0.493 e. The van der Waals surface area contributed by atoms with E-state index in [-0.39, 0.29) is 6.61 Å². The average molecular weight is 264 g/mol. The Morgan fingerprint density at radius 1 is 1.17 bits per heavy atom. The number of pyridine rings is 1. The number of hydrogen-bond donors (Lipinski definition) is 1. The Labute approximate surface area is 111 Å². The van der Waals surface area contributed by atoms with Gasteiger partial charge in [-0.05, 0) is 35.9 Å². The van der Waals surface area contributed by atoms with Gasteiger partial charge in [-0.15, -0.1) is 0 Å². The Kier molecular flexibility index (Phi) is 4.56. The van der Waals surface area contributed by atoms with Crippen LogP contribution in [0.5, 0.6) is 5.75 Å². The molecule has 0 unspecified atom stereocenters. The van der Waals surface area contributed by atoms with Crippen LogP contribution in [0.15, 0.2) is 42.7 Å². The fourth-order valence-electron chi connectivity index (χ4n) is 1.64. The van der Waals surface area contributed by atoms with Crippen molar-refractivity contribution in [1.82, 2.24) is 4.98 Å². The van der Waals surface area contributed by atoms with Crippen molar-refractivity contribution in [3.8, 4) is 5.75 Å². The summed E-state index contributed by atoms with van der Waals surface area (Å²) >= 11 is 5.85. The first-order valence-electron chi connectivity index (χ1n) is 5.70. The minimum atomic E-state index is -0.0782. The Morgan fingerprint density at radius 3 is 2.67 bits per heavy atom. The van der Waals surface area contributed by atoms with Crippen LogP contribution in [0.25, 0.3) is 0 Å². The maximum Gasteiger partial charge on any atom is 0.124 e. The smallest absolute Gasteiger partial charge is 0.124 e. The van der Waals surface area contributed by atoms with Crippen LogP contribution >= 0.6 is 11.6 Å². The molecule has 94 valence electrons. The van der Waals surface area contributed by atoms with Crippen LogP contribution in [0.4, 0.5) is 0 Å². The summed E-state index contributed by atoms with van der Waals surface area (Å²) in [6.45, 7) is 0.476. The number of rotatable bonds is 5. The van der Waals surface area contributed by atoms with Crippen LogP contribution in [-0.4, -0.2) is 16.7 Å². The zero-order chi connectivity index (χ0) is 12.8. The molecule has 4 heteroatoms. The number of aromatic nitrogens is 1. The predicted octanol–water partition coefficient (Wildman–Crippen LogP) is 2.85. The number of halogens is 1. The average Bonchev–Trinajstić information content (AvgIpc) is 2.41. The lowest BCUT2D eigenvalue weighted by molar-refractivity contribution is 0.264. The number of aliphatic hydroxyl groups excluding tert-OH is 1. The maximum atomic E-state index is 9.21. The van der Waals surface area contributed by atoms with Gasteiger partial charge in [-0.3, -0.25) is 4.98 Å². The summed E-state index contributed by atoms with van der Waals surface area (Å²) in [6, 6.07) is 9.16. The van der Waals surface area contributed by atoms with Crippen molar-refractivity contribution in [3.05, 3.63) is 58.9 Å². The highest BCUT2D eigenvalue weighted by Gasteiger charge is 2.03. The fraction of sp³-hybridized carbons (Fsp3) is 0.214. The molecule has 0 amide bonds. The molecule has 1 heterocycles. The number of benzene rings is 1. The van der Waals surface area contributed by atoms with Crippen LogP contribution in [0.2, 0.25) is 5.02 Å². The number of nitrogens with zero attached hydrogens (tertiary/aromatic N) is 1. The molecule has 3 nitrogen and oxygen atoms in total. The molecule has 0 saturated heterocycles. The van der Waals surface area contributed by atoms with Gasteiger partial charge >= 0.3 is 0 Å². The summed E-state index contributed by atoms with van der Waals surface area (Å²) in [7, 11) is 0. The van der Waals surface area contributed by atoms with Crippen molar-refractivity contribution in [2.45, 2.75) is 13.0 Å². The fourth-order valence-corrected chi connectivity index (χ4v) is 1.84. The highest BCUT2D eigenvalue weighted by atomic mass is 35.5. The van der Waals surface area contributed by atoms with Crippen LogP contribution < -0.4 is 4.74 Å². The summed E-state index contributed by atoms with van der Waals surface area (Å²) < 4.78 is 5.65. The first-order chi connectivity index (χ1) is 8.79. The minimum Gasteiger partial charge on any atom is -0.493 e. The van der Waals surface area contributed by atoms with E-state index in [0.717, 1.165) is 6.42 Å². The molecule has 1 N–H and O–H groups in total. The summed E-state index contributed by atoms with van der Waals surface area (Å²) in [5.41, 5.74) is 1.88. The normalized spacial score (nSPS) is 10.3. The molecule has 1 aromatic heterocycles. The van der Waals surface area contributed by atoms with Gasteiger partial charge in [-0.1, -0.05) is 11.6 Å². The van der Waals surface area contributed by atoms with Gasteiger partial charge in [-0.25, -0.2) is 0 Å². The van der Waals surface area contributed by atoms with Crippen molar-refractivity contribution in [2.75, 3.05) is 6.61 Å². The first-order valence-corrected chi connectivity index (χ1v) is 6.08. The lowest BCUT2D eigenvalue weighted by atomic mass is 10.2. The first kappa shape index (κ1) is 12.9. The van der Waals surface area contributed by atoms with Gasteiger partial charge in [0.1, 0.15) is 5.75 Å². The molecule has 0 saturated carbocycles. The Morgan fingerprint density at radius 2 is 1.94 bits per heavy atom. The highest BCUT2D eigenvalue weighted by molar-refractivity contribution is 6.30. The van der Waals surface area contributed by atoms with E-state index < -0.39 is 0 Å². The van der Waals surface area contributed by atoms with E-state index in [2.05, 4.69) is 4.98 Å². The van der Waals surface area contributed by atoms with Gasteiger partial charge in [0.25, 0.3) is 0 Å². The predicted molar refractivity (Wildman–Crippen MR) is 70.8 cm³/mol. The third-order valence-electron chi connectivity index (χ3n) is 2.59. The van der Waals surface area contributed by atoms with Gasteiger partial charge in [0, 0.05) is 29.4 Å². The second-order valence-electron chi connectivity index (χ2n) is 3.86. The molecule has 0 aliphatic rings. The molecule has 0 spiro atoms. The quantitative estimate of drug-likeness (QED) is 0.902. The number of ether oxygens (including phenoxy) is 1. The monoisotopic (exact) mass is 263 g/mol. The van der Waals surface area contributed by atoms with Crippen LogP contribution in [0.1, 0.15) is 11.1 Å². The van der Waals surface area contributed by atoms with Gasteiger partial charge in [0.2, 0.25) is 0 Å². The zero-order valence-electron chi connectivity index (χ0n) is 9.84. The molecule has 0 fully saturated rings. The summed E-state index contributed by atoms with van der Waals surface area (Å²) in [5.74, 6) is 0.677. The zero-order valence-corrected chi connectivity index (χ0v) is 10.6. The standard InChI is InChI=1S/C14H14ClNO2/c15-13-1-2-14(12(9-13)10-17)18-8-5-11-3-6-16-7-4-11/h1-4,6-7,9,17H,5,8,10H2. The van der Waals surface area contributed by atoms with Gasteiger partial charge in [0.05, 0.1) is 13.2 Å². The lowest BCUT2D eigenvalue weighted by Gasteiger charge is -2.10. The summed E-state index contributed by atoms with van der Waals surface area (Å²) in [5, 5.41) is 9.81. The second-order valence-corrected chi connectivity index (χ2v) is 4.30. The van der Waals surface area contributed by atoms with Crippen LogP contribution in [0.3, 0.4) is 0 Å². The van der Waals surface area contributed by atoms with Crippen molar-refractivity contribution in [3.63, 3.8) is 0 Å². The number of aliphatic hydroxyl groups is 1. The lowest BCUT2D eigenvalue weighted by Crippen LogP contribution is -2.03. The Hall–Kier alpha value is -1.58. The highest BCUT2D eigenvalue weighted by Crippen LogP contribution is 2.23. The molecule has 2 rings (SSSR count). The van der Waals surface area contributed by atoms with Crippen molar-refractivity contribution < 1.29 is 9.84 Å². The minimum absolute atomic E-state index is 0.0782. The third-order valence-corrected chi connectivity index (χ3v) is 2.83. The van der Waals surface area contributed by atoms with E-state index in [4.69, 9.17) is 16.3 Å². The molecule has 2 aromatic rings. The summed E-state index contributed by atoms with van der Waals surface area (Å²) in [4.78, 5) is 3.96. The van der Waals surface area contributed by atoms with Crippen molar-refractivity contribution in [1.29, 1.82) is 0 Å². The molecule has 0 atom stereocenters. The van der Waals surface area contributed by atoms with E-state index in [1.54, 1.807) is 30.6 Å². The second kappa shape index (κ2) is 6.38. The van der Waals surface area contributed by atoms with Gasteiger partial charge < -0.3 is 9.84 Å². The Bertz CT molecular complexity index is 502. The third kappa shape index (κ3) is 3.45. The van der Waals surface area contributed by atoms with E-state index in [1.807, 2.05) is 12.1 Å². The SMILES string of the molecule is OCc1cc(Cl)ccc1OCCc1ccncc1. The Balaban J connectivity index is 1.94. The van der Waals surface area contributed by atoms with E-state index >= 15 is 0 Å². The van der Waals surface area contributed by atoms with Crippen molar-refractivity contribution >= 4 is 11.6 Å². The van der Waals surface area contributed by atoms with E-state index in [1.165, 1.54) is 5.56 Å². The molecular formula is C14H14ClNO2. The van der Waals surface area contributed by atoms with Gasteiger partial charge in [-0.2, -0.15) is 0 Å². The van der Waals surface area contributed by atoms with E-state index in [0.29, 0.717) is 22.9 Å². The summed E-state index contributed by atoms with van der Waals surface area (Å²) in [6.07, 6.45) is 4.32. The number of hydrogen-bond acceptors (Lipinski definition) is 3.